The van der Waals surface area contributed by atoms with Crippen molar-refractivity contribution in [2.24, 2.45) is 0 Å². The van der Waals surface area contributed by atoms with Crippen LogP contribution in [0.25, 0.3) is 0 Å². The Bertz CT molecular complexity index is 713. The molecule has 1 aromatic carbocycles. The number of hydrogen-bond acceptors (Lipinski definition) is 2. The second-order valence-electron chi connectivity index (χ2n) is 10.3. The van der Waals surface area contributed by atoms with Crippen LogP contribution in [0.15, 0.2) is 38.2 Å². The maximum absolute atomic E-state index is 14.4. The molecule has 2 atom stereocenters. The van der Waals surface area contributed by atoms with E-state index in [1.54, 1.807) is 0 Å². The Kier molecular flexibility index (Phi) is 15.8. The summed E-state index contributed by atoms with van der Waals surface area (Å²) in [7, 11) is -2.80. The Morgan fingerprint density at radius 2 is 1.32 bits per heavy atom. The van der Waals surface area contributed by atoms with E-state index in [1.807, 2.05) is 0 Å². The molecule has 196 valence electrons. The van der Waals surface area contributed by atoms with Gasteiger partial charge in [0.1, 0.15) is 0 Å². The summed E-state index contributed by atoms with van der Waals surface area (Å²) in [6.45, 7) is 18.2. The van der Waals surface area contributed by atoms with Crippen molar-refractivity contribution >= 4 is 37.5 Å². The molecule has 0 aliphatic rings. The minimum absolute atomic E-state index is 0.0527. The quantitative estimate of drug-likeness (QED) is 0.154. The molecule has 1 aromatic rings. The molecular weight excluding hydrogens is 559 g/mol. The molecule has 1 rings (SSSR count). The third-order valence-electron chi connectivity index (χ3n) is 7.74. The first-order valence-electron chi connectivity index (χ1n) is 14.1. The van der Waals surface area contributed by atoms with Gasteiger partial charge in [0.15, 0.2) is 0 Å². The van der Waals surface area contributed by atoms with Gasteiger partial charge < -0.3 is 0 Å². The molecular formula is C29H54O2SSiSn. The monoisotopic (exact) mass is 614 g/mol. The van der Waals surface area contributed by atoms with E-state index in [0.29, 0.717) is 0 Å². The molecule has 0 saturated carbocycles. The van der Waals surface area contributed by atoms with Crippen molar-refractivity contribution in [3.05, 3.63) is 38.8 Å². The van der Waals surface area contributed by atoms with Gasteiger partial charge >= 0.3 is 221 Å². The Labute approximate surface area is 220 Å². The van der Waals surface area contributed by atoms with Crippen molar-refractivity contribution in [3.63, 3.8) is 0 Å². The van der Waals surface area contributed by atoms with E-state index in [1.165, 1.54) is 60.3 Å². The van der Waals surface area contributed by atoms with Gasteiger partial charge in [0.25, 0.3) is 0 Å². The minimum atomic E-state index is -2.90. The van der Waals surface area contributed by atoms with Crippen LogP contribution in [0, 0.1) is 6.92 Å². The molecule has 0 saturated heterocycles. The van der Waals surface area contributed by atoms with Gasteiger partial charge in [-0.05, 0) is 0 Å². The van der Waals surface area contributed by atoms with Gasteiger partial charge in [0, 0.05) is 0 Å². The topological polar surface area (TPSA) is 26.3 Å². The van der Waals surface area contributed by atoms with Crippen LogP contribution in [0.4, 0.5) is 0 Å². The molecule has 0 radical (unpaired) electrons. The predicted octanol–water partition coefficient (Wildman–Crippen LogP) is 9.79. The van der Waals surface area contributed by atoms with Crippen LogP contribution in [-0.4, -0.2) is 37.0 Å². The first kappa shape index (κ1) is 32.1. The summed E-state index contributed by atoms with van der Waals surface area (Å²) in [4.78, 5) is 0.986. The van der Waals surface area contributed by atoms with Gasteiger partial charge in [-0.3, -0.25) is 0 Å². The molecule has 0 aliphatic heterocycles. The van der Waals surface area contributed by atoms with Crippen LogP contribution in [0.3, 0.4) is 0 Å². The number of unbranched alkanes of at least 4 members (excludes halogenated alkanes) is 3. The van der Waals surface area contributed by atoms with E-state index < -0.39 is 37.5 Å². The van der Waals surface area contributed by atoms with Gasteiger partial charge in [0.05, 0.1) is 0 Å². The second kappa shape index (κ2) is 16.8. The fourth-order valence-electron chi connectivity index (χ4n) is 5.16. The summed E-state index contributed by atoms with van der Waals surface area (Å²) in [6, 6.07) is 11.9. The van der Waals surface area contributed by atoms with Crippen molar-refractivity contribution < 1.29 is 8.63 Å². The zero-order valence-corrected chi connectivity index (χ0v) is 28.3. The van der Waals surface area contributed by atoms with Crippen LogP contribution in [-0.2, 0) is 15.2 Å². The van der Waals surface area contributed by atoms with Gasteiger partial charge in [-0.2, -0.15) is 0 Å². The molecule has 0 fully saturated rings. The number of rotatable bonds is 18. The summed E-state index contributed by atoms with van der Waals surface area (Å²) >= 11 is -2.90. The van der Waals surface area contributed by atoms with E-state index in [4.69, 9.17) is 4.43 Å². The van der Waals surface area contributed by atoms with Gasteiger partial charge in [-0.1, -0.05) is 0 Å². The van der Waals surface area contributed by atoms with Gasteiger partial charge in [-0.15, -0.1) is 0 Å². The summed E-state index contributed by atoms with van der Waals surface area (Å²) in [5.41, 5.74) is 1.23. The molecule has 0 bridgehead atoms. The van der Waals surface area contributed by atoms with Gasteiger partial charge in [-0.25, -0.2) is 0 Å². The fraction of sp³-hybridized carbons (Fsp3) is 0.724. The van der Waals surface area contributed by atoms with Crippen molar-refractivity contribution in [1.82, 2.24) is 0 Å². The zero-order chi connectivity index (χ0) is 25.6. The summed E-state index contributed by atoms with van der Waals surface area (Å²) in [5, 5.41) is 0. The molecule has 0 aliphatic carbocycles. The van der Waals surface area contributed by atoms with Gasteiger partial charge in [0.2, 0.25) is 0 Å². The first-order valence-corrected chi connectivity index (χ1v) is 25.3. The summed E-state index contributed by atoms with van der Waals surface area (Å²) in [6.07, 6.45) is 9.96. The molecule has 0 aromatic heterocycles. The van der Waals surface area contributed by atoms with Crippen LogP contribution in [0.2, 0.25) is 31.4 Å². The molecule has 34 heavy (non-hydrogen) atoms. The van der Waals surface area contributed by atoms with Crippen molar-refractivity contribution in [2.45, 2.75) is 136 Å². The van der Waals surface area contributed by atoms with Crippen molar-refractivity contribution in [2.75, 3.05) is 0 Å². The SMILES string of the molecule is CCC[CH2][Sn]([CH2]CCC)([CH2]CCC)/[C](=C/C(C)O[Si](CC)(CC)CC)[S@@](=O)c1ccc(C)cc1. The molecule has 5 heteroatoms. The standard InChI is InChI=1S/C17H27O2SSi.3C4H9.Sn/c1-6-21(7-2,8-3)19-16(5)13-14-20(18)17-11-9-15(4)10-12-17;3*1-3-4-2;/h9-13,16H,6-8H2,1-5H3;3*1,3-4H2,2H3;/t16?,20-;;;;/m1..../s1. The van der Waals surface area contributed by atoms with E-state index in [0.717, 1.165) is 23.0 Å². The van der Waals surface area contributed by atoms with E-state index in [-0.39, 0.29) is 6.10 Å². The average molecular weight is 614 g/mol. The number of hydrogen-bond donors (Lipinski definition) is 0. The van der Waals surface area contributed by atoms with Crippen LogP contribution in [0.5, 0.6) is 0 Å². The van der Waals surface area contributed by atoms with Crippen molar-refractivity contribution in [1.29, 1.82) is 0 Å². The van der Waals surface area contributed by atoms with E-state index >= 15 is 0 Å². The molecule has 1 unspecified atom stereocenters. The molecule has 0 amide bonds. The summed E-state index contributed by atoms with van der Waals surface area (Å²) in [5.74, 6) is 0. The number of benzene rings is 1. The van der Waals surface area contributed by atoms with Crippen molar-refractivity contribution in [3.8, 4) is 0 Å². The van der Waals surface area contributed by atoms with E-state index in [9.17, 15) is 4.21 Å². The molecule has 0 heterocycles. The van der Waals surface area contributed by atoms with E-state index in [2.05, 4.69) is 85.7 Å². The molecule has 0 N–H and O–H groups in total. The first-order chi connectivity index (χ1) is 16.3. The third kappa shape index (κ3) is 9.51. The Morgan fingerprint density at radius 3 is 1.71 bits per heavy atom. The third-order valence-corrected chi connectivity index (χ3v) is 32.9. The maximum atomic E-state index is 14.4. The molecule has 0 spiro atoms. The molecule has 2 nitrogen and oxygen atoms in total. The number of aryl methyl sites for hydroxylation is 1. The Hall–Kier alpha value is 0.0856. The fourth-order valence-corrected chi connectivity index (χ4v) is 30.5. The predicted molar refractivity (Wildman–Crippen MR) is 158 cm³/mol. The normalized spacial score (nSPS) is 14.9. The average Bonchev–Trinajstić information content (AvgIpc) is 2.86. The van der Waals surface area contributed by atoms with Crippen LogP contribution in [0.1, 0.15) is 92.6 Å². The second-order valence-corrected chi connectivity index (χ2v) is 30.6. The Morgan fingerprint density at radius 1 is 0.882 bits per heavy atom. The zero-order valence-electron chi connectivity index (χ0n) is 23.7. The summed E-state index contributed by atoms with van der Waals surface area (Å²) < 4.78 is 26.6. The van der Waals surface area contributed by atoms with Crippen LogP contribution >= 0.6 is 0 Å². The van der Waals surface area contributed by atoms with Crippen LogP contribution < -0.4 is 0 Å². The Balaban J connectivity index is 3.63.